The molecule has 2 N–H and O–H groups in total. The van der Waals surface area contributed by atoms with Crippen LogP contribution in [0.1, 0.15) is 4.88 Å². The SMILES string of the molecule is O=C(NCc1ccc(Cl)s1)Oc1ccc2nc(-c3ccc(Oc4ccccc4)cc3)[nH]c2c1. The molecule has 0 aliphatic rings. The summed E-state index contributed by atoms with van der Waals surface area (Å²) in [7, 11) is 0. The summed E-state index contributed by atoms with van der Waals surface area (Å²) in [5.74, 6) is 2.66. The van der Waals surface area contributed by atoms with E-state index in [1.54, 1.807) is 18.2 Å². The van der Waals surface area contributed by atoms with Crippen LogP contribution in [0, 0.1) is 0 Å². The first-order valence-corrected chi connectivity index (χ1v) is 11.3. The summed E-state index contributed by atoms with van der Waals surface area (Å²) in [6.07, 6.45) is -0.535. The number of carbonyl (C=O) groups excluding carboxylic acids is 1. The van der Waals surface area contributed by atoms with Crippen molar-refractivity contribution in [1.82, 2.24) is 15.3 Å². The number of fused-ring (bicyclic) bond motifs is 1. The van der Waals surface area contributed by atoms with Crippen LogP contribution in [0.3, 0.4) is 0 Å². The monoisotopic (exact) mass is 475 g/mol. The van der Waals surface area contributed by atoms with Gasteiger partial charge in [0.25, 0.3) is 0 Å². The lowest BCUT2D eigenvalue weighted by Gasteiger charge is -2.05. The molecule has 0 unspecified atom stereocenters. The first-order chi connectivity index (χ1) is 16.1. The predicted molar refractivity (Wildman–Crippen MR) is 130 cm³/mol. The van der Waals surface area contributed by atoms with Crippen LogP contribution in [0.25, 0.3) is 22.4 Å². The van der Waals surface area contributed by atoms with E-state index in [1.807, 2.05) is 66.7 Å². The highest BCUT2D eigenvalue weighted by atomic mass is 35.5. The summed E-state index contributed by atoms with van der Waals surface area (Å²) in [6, 6.07) is 26.2. The number of rotatable bonds is 6. The zero-order chi connectivity index (χ0) is 22.6. The molecule has 2 heterocycles. The fourth-order valence-corrected chi connectivity index (χ4v) is 4.27. The number of aromatic nitrogens is 2. The van der Waals surface area contributed by atoms with Gasteiger partial charge in [-0.25, -0.2) is 9.78 Å². The van der Waals surface area contributed by atoms with E-state index in [2.05, 4.69) is 15.3 Å². The number of benzene rings is 3. The Bertz CT molecular complexity index is 1400. The second kappa shape index (κ2) is 9.36. The molecule has 0 spiro atoms. The molecule has 2 aromatic heterocycles. The van der Waals surface area contributed by atoms with Crippen LogP contribution in [0.2, 0.25) is 4.34 Å². The number of thiophene rings is 1. The summed E-state index contributed by atoms with van der Waals surface area (Å²) in [5.41, 5.74) is 2.46. The molecule has 0 aliphatic heterocycles. The number of hydrogen-bond donors (Lipinski definition) is 2. The highest BCUT2D eigenvalue weighted by Gasteiger charge is 2.10. The molecular weight excluding hydrogens is 458 g/mol. The van der Waals surface area contributed by atoms with Crippen molar-refractivity contribution in [2.75, 3.05) is 0 Å². The molecular formula is C25H18ClN3O3S. The van der Waals surface area contributed by atoms with E-state index in [0.717, 1.165) is 33.0 Å². The van der Waals surface area contributed by atoms with Crippen molar-refractivity contribution in [2.24, 2.45) is 0 Å². The van der Waals surface area contributed by atoms with Gasteiger partial charge in [-0.2, -0.15) is 0 Å². The minimum Gasteiger partial charge on any atom is -0.457 e. The predicted octanol–water partition coefficient (Wildman–Crippen LogP) is 7.03. The number of carbonyl (C=O) groups is 1. The molecule has 5 aromatic rings. The summed E-state index contributed by atoms with van der Waals surface area (Å²) in [5, 5.41) is 2.72. The van der Waals surface area contributed by atoms with Gasteiger partial charge in [0, 0.05) is 16.5 Å². The second-order valence-corrected chi connectivity index (χ2v) is 8.95. The van der Waals surface area contributed by atoms with Gasteiger partial charge in [0.15, 0.2) is 0 Å². The molecule has 6 nitrogen and oxygen atoms in total. The number of nitrogens with one attached hydrogen (secondary N) is 2. The number of H-pyrrole nitrogens is 1. The Morgan fingerprint density at radius 2 is 1.70 bits per heavy atom. The Balaban J connectivity index is 1.25. The van der Waals surface area contributed by atoms with Crippen molar-refractivity contribution in [3.8, 4) is 28.6 Å². The van der Waals surface area contributed by atoms with E-state index in [1.165, 1.54) is 11.3 Å². The molecule has 8 heteroatoms. The normalized spacial score (nSPS) is 10.8. The number of amides is 1. The molecule has 0 aliphatic carbocycles. The topological polar surface area (TPSA) is 76.2 Å². The summed E-state index contributed by atoms with van der Waals surface area (Å²) < 4.78 is 11.9. The van der Waals surface area contributed by atoms with Crippen LogP contribution in [0.5, 0.6) is 17.2 Å². The number of halogens is 1. The maximum Gasteiger partial charge on any atom is 0.412 e. The van der Waals surface area contributed by atoms with Crippen LogP contribution in [-0.4, -0.2) is 16.1 Å². The average Bonchev–Trinajstić information content (AvgIpc) is 3.44. The molecule has 164 valence electrons. The smallest absolute Gasteiger partial charge is 0.412 e. The molecule has 1 amide bonds. The van der Waals surface area contributed by atoms with E-state index in [0.29, 0.717) is 22.5 Å². The molecule has 5 rings (SSSR count). The van der Waals surface area contributed by atoms with Gasteiger partial charge in [-0.1, -0.05) is 29.8 Å². The van der Waals surface area contributed by atoms with Crippen molar-refractivity contribution in [1.29, 1.82) is 0 Å². The van der Waals surface area contributed by atoms with Gasteiger partial charge in [-0.05, 0) is 60.7 Å². The maximum absolute atomic E-state index is 12.1. The molecule has 0 saturated heterocycles. The summed E-state index contributed by atoms with van der Waals surface area (Å²) in [4.78, 5) is 21.0. The van der Waals surface area contributed by atoms with Gasteiger partial charge in [-0.15, -0.1) is 11.3 Å². The minimum atomic E-state index is -0.535. The van der Waals surface area contributed by atoms with Gasteiger partial charge >= 0.3 is 6.09 Å². The van der Waals surface area contributed by atoms with Crippen molar-refractivity contribution < 1.29 is 14.3 Å². The first kappa shape index (κ1) is 21.1. The van der Waals surface area contributed by atoms with Gasteiger partial charge in [0.05, 0.1) is 21.9 Å². The zero-order valence-electron chi connectivity index (χ0n) is 17.2. The Morgan fingerprint density at radius 3 is 2.45 bits per heavy atom. The number of aromatic amines is 1. The number of ether oxygens (including phenoxy) is 2. The maximum atomic E-state index is 12.1. The van der Waals surface area contributed by atoms with Crippen molar-refractivity contribution in [3.63, 3.8) is 0 Å². The lowest BCUT2D eigenvalue weighted by atomic mass is 10.2. The van der Waals surface area contributed by atoms with Gasteiger partial charge in [-0.3, -0.25) is 0 Å². The number of hydrogen-bond acceptors (Lipinski definition) is 5. The lowest BCUT2D eigenvalue weighted by Crippen LogP contribution is -2.25. The van der Waals surface area contributed by atoms with E-state index in [-0.39, 0.29) is 0 Å². The number of para-hydroxylation sites is 1. The quantitative estimate of drug-likeness (QED) is 0.276. The Morgan fingerprint density at radius 1 is 0.939 bits per heavy atom. The molecule has 0 atom stereocenters. The van der Waals surface area contributed by atoms with E-state index in [4.69, 9.17) is 21.1 Å². The standard InChI is InChI=1S/C25H18ClN3O3S/c26-23-13-11-20(33-23)15-27-25(30)32-19-10-12-21-22(14-19)29-24(28-21)16-6-8-18(9-7-16)31-17-4-2-1-3-5-17/h1-14H,15H2,(H,27,30)(H,28,29). The average molecular weight is 476 g/mol. The molecule has 0 bridgehead atoms. The minimum absolute atomic E-state index is 0.358. The lowest BCUT2D eigenvalue weighted by molar-refractivity contribution is 0.200. The highest BCUT2D eigenvalue weighted by Crippen LogP contribution is 2.27. The van der Waals surface area contributed by atoms with Crippen LogP contribution >= 0.6 is 22.9 Å². The summed E-state index contributed by atoms with van der Waals surface area (Å²) in [6.45, 7) is 0.358. The second-order valence-electron chi connectivity index (χ2n) is 7.15. The Hall–Kier alpha value is -3.81. The molecule has 0 fully saturated rings. The third-order valence-corrected chi connectivity index (χ3v) is 6.04. The van der Waals surface area contributed by atoms with Crippen molar-refractivity contribution in [3.05, 3.63) is 94.1 Å². The van der Waals surface area contributed by atoms with Gasteiger partial charge in [0.2, 0.25) is 0 Å². The van der Waals surface area contributed by atoms with E-state index < -0.39 is 6.09 Å². The zero-order valence-corrected chi connectivity index (χ0v) is 18.8. The largest absolute Gasteiger partial charge is 0.457 e. The Labute approximate surface area is 198 Å². The van der Waals surface area contributed by atoms with Gasteiger partial charge < -0.3 is 19.8 Å². The van der Waals surface area contributed by atoms with Crippen LogP contribution < -0.4 is 14.8 Å². The molecule has 0 saturated carbocycles. The summed E-state index contributed by atoms with van der Waals surface area (Å²) >= 11 is 7.32. The van der Waals surface area contributed by atoms with E-state index >= 15 is 0 Å². The van der Waals surface area contributed by atoms with Gasteiger partial charge in [0.1, 0.15) is 23.1 Å². The van der Waals surface area contributed by atoms with Crippen molar-refractivity contribution in [2.45, 2.75) is 6.54 Å². The highest BCUT2D eigenvalue weighted by molar-refractivity contribution is 7.16. The van der Waals surface area contributed by atoms with Crippen LogP contribution in [0.15, 0.2) is 84.9 Å². The van der Waals surface area contributed by atoms with E-state index in [9.17, 15) is 4.79 Å². The van der Waals surface area contributed by atoms with Crippen LogP contribution in [0.4, 0.5) is 4.79 Å². The van der Waals surface area contributed by atoms with Crippen LogP contribution in [-0.2, 0) is 6.54 Å². The first-order valence-electron chi connectivity index (χ1n) is 10.2. The third kappa shape index (κ3) is 5.16. The molecule has 0 radical (unpaired) electrons. The van der Waals surface area contributed by atoms with Crippen molar-refractivity contribution >= 4 is 40.1 Å². The molecule has 33 heavy (non-hydrogen) atoms. The molecule has 3 aromatic carbocycles. The fraction of sp³-hybridized carbons (Fsp3) is 0.0400. The number of imidazole rings is 1. The third-order valence-electron chi connectivity index (χ3n) is 4.81. The number of nitrogens with zero attached hydrogens (tertiary/aromatic N) is 1. The fourth-order valence-electron chi connectivity index (χ4n) is 3.24. The Kier molecular flexibility index (Phi) is 5.97.